The first-order valence-electron chi connectivity index (χ1n) is 27.6. The molecule has 6 atom stereocenters. The SMILES string of the molecule is CC(=O)c1ccc2[nH]c(C(=O)N[C@H]3CC[C@@H](OCCCCCCC#Cc4cccc5c4CN(C4CCC(=O)NC4=O)C5=O)C[C@H]4CC[C@@H](C(=O)N[C@@H](CCC(N)=O)C(=O)CC(c5ccccc5)c5ccccc5)N4C3=O)cc2c1. The Labute approximate surface area is 459 Å². The van der Waals surface area contributed by atoms with Gasteiger partial charge in [0.2, 0.25) is 29.5 Å². The van der Waals surface area contributed by atoms with Crippen LogP contribution in [0.2, 0.25) is 0 Å². The summed E-state index contributed by atoms with van der Waals surface area (Å²) in [6, 6.07) is 27.2. The molecule has 6 N–H and O–H groups in total. The lowest BCUT2D eigenvalue weighted by Crippen LogP contribution is -2.58. The van der Waals surface area contributed by atoms with Crippen LogP contribution < -0.4 is 21.7 Å². The second-order valence-corrected chi connectivity index (χ2v) is 21.2. The Morgan fingerprint density at radius 3 is 2.29 bits per heavy atom. The molecular weight excluding hydrogens is 1000 g/mol. The van der Waals surface area contributed by atoms with Crippen LogP contribution >= 0.6 is 0 Å². The molecule has 0 aliphatic carbocycles. The highest BCUT2D eigenvalue weighted by Crippen LogP contribution is 2.35. The molecule has 1 unspecified atom stereocenters. The minimum atomic E-state index is -1.07. The van der Waals surface area contributed by atoms with Gasteiger partial charge in [0.1, 0.15) is 23.8 Å². The zero-order chi connectivity index (χ0) is 55.6. The Morgan fingerprint density at radius 1 is 0.823 bits per heavy atom. The number of unbranched alkanes of at least 4 members (excludes halogenated alkanes) is 4. The standard InChI is InChI=1S/C62H67N7O10/c1-38(70)42-22-25-49-43(33-42)34-52(64-49)58(74)66-51-26-24-45(79-32-13-5-3-2-4-8-19-41-20-14-21-46-48(41)37-68(61(46)77)53-29-31-57(73)67-59(53)75)35-44-23-28-54(69(44)62(51)78)60(76)65-50(27-30-56(63)72)55(71)36-47(39-15-9-6-10-16-39)40-17-11-7-12-18-40/h6-7,9-12,14-18,20-22,25,33-34,44-45,47,50-51,53-54,64H,2-5,13,23-24,26-32,35-37H2,1H3,(H2,63,72)(H,65,76)(H,66,74)(H,67,73,75)/t44-,45-,50+,51+,53?,54+/m1/s1. The molecule has 17 heteroatoms. The summed E-state index contributed by atoms with van der Waals surface area (Å²) >= 11 is 0. The van der Waals surface area contributed by atoms with Gasteiger partial charge in [-0.25, -0.2) is 0 Å². The van der Waals surface area contributed by atoms with E-state index in [-0.39, 0.29) is 79.7 Å². The Morgan fingerprint density at radius 2 is 1.57 bits per heavy atom. The van der Waals surface area contributed by atoms with Crippen molar-refractivity contribution in [2.24, 2.45) is 5.73 Å². The van der Waals surface area contributed by atoms with Gasteiger partial charge in [-0.2, -0.15) is 0 Å². The number of H-pyrrole nitrogens is 1. The summed E-state index contributed by atoms with van der Waals surface area (Å²) in [7, 11) is 0. The van der Waals surface area contributed by atoms with Gasteiger partial charge in [0.05, 0.1) is 12.1 Å². The predicted octanol–water partition coefficient (Wildman–Crippen LogP) is 6.70. The molecule has 79 heavy (non-hydrogen) atoms. The zero-order valence-electron chi connectivity index (χ0n) is 44.4. The number of hydrogen-bond acceptors (Lipinski definition) is 10. The highest BCUT2D eigenvalue weighted by molar-refractivity contribution is 6.06. The zero-order valence-corrected chi connectivity index (χ0v) is 44.4. The number of benzene rings is 4. The van der Waals surface area contributed by atoms with Crippen molar-refractivity contribution in [3.8, 4) is 11.8 Å². The number of aromatic amines is 1. The quantitative estimate of drug-likeness (QED) is 0.0225. The summed E-state index contributed by atoms with van der Waals surface area (Å²) in [4.78, 5) is 126. The maximum Gasteiger partial charge on any atom is 0.268 e. The molecule has 5 heterocycles. The van der Waals surface area contributed by atoms with Crippen LogP contribution in [0.5, 0.6) is 0 Å². The van der Waals surface area contributed by atoms with E-state index in [9.17, 15) is 43.2 Å². The molecule has 7 amide bonds. The van der Waals surface area contributed by atoms with Crippen molar-refractivity contribution in [1.82, 2.24) is 30.7 Å². The van der Waals surface area contributed by atoms with Gasteiger partial charge >= 0.3 is 0 Å². The predicted molar refractivity (Wildman–Crippen MR) is 294 cm³/mol. The summed E-state index contributed by atoms with van der Waals surface area (Å²) in [6.45, 7) is 2.19. The first-order valence-corrected chi connectivity index (χ1v) is 27.6. The van der Waals surface area contributed by atoms with Crippen LogP contribution in [0.1, 0.15) is 163 Å². The molecule has 0 saturated carbocycles. The third kappa shape index (κ3) is 13.4. The number of nitrogens with zero attached hydrogens (tertiary/aromatic N) is 2. The average molecular weight is 1070 g/mol. The molecule has 410 valence electrons. The van der Waals surface area contributed by atoms with Gasteiger partial charge in [-0.15, -0.1) is 0 Å². The number of amides is 7. The fraction of sp³-hybridized carbons (Fsp3) is 0.403. The van der Waals surface area contributed by atoms with E-state index in [1.165, 1.54) is 11.8 Å². The number of ketones is 2. The lowest BCUT2D eigenvalue weighted by atomic mass is 9.85. The molecule has 4 aliphatic rings. The summed E-state index contributed by atoms with van der Waals surface area (Å²) in [5, 5.41) is 8.91. The number of primary amides is 1. The molecule has 4 aromatic carbocycles. The Balaban J connectivity index is 0.844. The smallest absolute Gasteiger partial charge is 0.268 e. The molecule has 0 bridgehead atoms. The van der Waals surface area contributed by atoms with Crippen LogP contribution in [-0.4, -0.2) is 111 Å². The van der Waals surface area contributed by atoms with Crippen molar-refractivity contribution in [2.75, 3.05) is 6.61 Å². The molecule has 0 radical (unpaired) electrons. The Bertz CT molecular complexity index is 3160. The number of fused-ring (bicyclic) bond motifs is 3. The normalized spacial score (nSPS) is 20.4. The molecule has 1 aromatic heterocycles. The van der Waals surface area contributed by atoms with E-state index in [2.05, 4.69) is 32.8 Å². The fourth-order valence-corrected chi connectivity index (χ4v) is 11.6. The molecule has 9 rings (SSSR count). The van der Waals surface area contributed by atoms with Crippen molar-refractivity contribution < 1.29 is 47.9 Å². The van der Waals surface area contributed by atoms with E-state index < -0.39 is 59.7 Å². The first kappa shape index (κ1) is 55.5. The summed E-state index contributed by atoms with van der Waals surface area (Å²) in [5.74, 6) is 2.66. The van der Waals surface area contributed by atoms with Crippen LogP contribution in [-0.2, 0) is 40.0 Å². The number of imide groups is 1. The number of piperidine rings is 1. The third-order valence-electron chi connectivity index (χ3n) is 15.8. The molecule has 17 nitrogen and oxygen atoms in total. The Kier molecular flexibility index (Phi) is 17.9. The number of hydrogen-bond donors (Lipinski definition) is 5. The number of ether oxygens (including phenoxy) is 1. The lowest BCUT2D eigenvalue weighted by molar-refractivity contribution is -0.144. The van der Waals surface area contributed by atoms with Crippen LogP contribution in [0.4, 0.5) is 0 Å². The van der Waals surface area contributed by atoms with Gasteiger partial charge in [0, 0.05) is 78.4 Å². The number of Topliss-reactive ketones (excluding diaryl/α,β-unsaturated/α-hetero) is 2. The second kappa shape index (κ2) is 25.5. The molecule has 5 aromatic rings. The van der Waals surface area contributed by atoms with E-state index in [4.69, 9.17) is 10.5 Å². The van der Waals surface area contributed by atoms with Crippen LogP contribution in [0.15, 0.2) is 103 Å². The van der Waals surface area contributed by atoms with Crippen molar-refractivity contribution in [3.05, 3.63) is 142 Å². The van der Waals surface area contributed by atoms with Gasteiger partial charge in [-0.1, -0.05) is 91.4 Å². The lowest BCUT2D eigenvalue weighted by Gasteiger charge is -2.37. The van der Waals surface area contributed by atoms with Crippen molar-refractivity contribution in [3.63, 3.8) is 0 Å². The summed E-state index contributed by atoms with van der Waals surface area (Å²) in [5.41, 5.74) is 10.8. The number of nitrogens with two attached hydrogens (primary N) is 1. The van der Waals surface area contributed by atoms with Gasteiger partial charge in [-0.3, -0.25) is 48.5 Å². The minimum Gasteiger partial charge on any atom is -0.378 e. The maximum atomic E-state index is 14.9. The van der Waals surface area contributed by atoms with E-state index in [1.807, 2.05) is 66.7 Å². The highest BCUT2D eigenvalue weighted by Gasteiger charge is 2.46. The fourth-order valence-electron chi connectivity index (χ4n) is 11.6. The van der Waals surface area contributed by atoms with E-state index in [1.54, 1.807) is 41.3 Å². The number of aromatic nitrogens is 1. The average Bonchev–Trinajstić information content (AvgIpc) is 4.21. The van der Waals surface area contributed by atoms with Gasteiger partial charge in [-0.05, 0) is 118 Å². The maximum absolute atomic E-state index is 14.9. The Hall–Kier alpha value is -8.23. The number of nitrogens with one attached hydrogen (secondary N) is 4. The van der Waals surface area contributed by atoms with Crippen LogP contribution in [0.25, 0.3) is 10.9 Å². The highest BCUT2D eigenvalue weighted by atomic mass is 16.5. The van der Waals surface area contributed by atoms with E-state index >= 15 is 0 Å². The molecule has 4 aliphatic heterocycles. The van der Waals surface area contributed by atoms with E-state index in [0.717, 1.165) is 47.9 Å². The number of carbonyl (C=O) groups is 9. The van der Waals surface area contributed by atoms with Crippen LogP contribution in [0, 0.1) is 11.8 Å². The minimum absolute atomic E-state index is 0.0200. The van der Waals surface area contributed by atoms with Crippen LogP contribution in [0.3, 0.4) is 0 Å². The second-order valence-electron chi connectivity index (χ2n) is 21.2. The number of carbonyl (C=O) groups excluding carboxylic acids is 9. The summed E-state index contributed by atoms with van der Waals surface area (Å²) in [6.07, 6.45) is 6.05. The molecule has 3 saturated heterocycles. The van der Waals surface area contributed by atoms with Gasteiger partial charge < -0.3 is 35.9 Å². The monoisotopic (exact) mass is 1070 g/mol. The number of rotatable bonds is 21. The third-order valence-corrected chi connectivity index (χ3v) is 15.8. The van der Waals surface area contributed by atoms with Crippen molar-refractivity contribution >= 4 is 63.8 Å². The largest absolute Gasteiger partial charge is 0.378 e. The topological polar surface area (TPSA) is 247 Å². The molecule has 3 fully saturated rings. The van der Waals surface area contributed by atoms with Crippen molar-refractivity contribution in [2.45, 2.75) is 152 Å². The molecule has 0 spiro atoms. The van der Waals surface area contributed by atoms with Gasteiger partial charge in [0.25, 0.3) is 11.8 Å². The van der Waals surface area contributed by atoms with Crippen molar-refractivity contribution in [1.29, 1.82) is 0 Å². The molecular formula is C62H67N7O10. The van der Waals surface area contributed by atoms with Gasteiger partial charge in [0.15, 0.2) is 11.6 Å². The first-order chi connectivity index (χ1) is 38.2. The summed E-state index contributed by atoms with van der Waals surface area (Å²) < 4.78 is 6.55. The van der Waals surface area contributed by atoms with E-state index in [0.29, 0.717) is 67.2 Å².